The van der Waals surface area contributed by atoms with E-state index in [9.17, 15) is 4.79 Å². The molecule has 0 radical (unpaired) electrons. The van der Waals surface area contributed by atoms with E-state index in [0.29, 0.717) is 24.4 Å². The first kappa shape index (κ1) is 15.4. The summed E-state index contributed by atoms with van der Waals surface area (Å²) in [6, 6.07) is 14.8. The molecular weight excluding hydrogens is 332 g/mol. The molecule has 0 aliphatic carbocycles. The molecule has 21 heavy (non-hydrogen) atoms. The lowest BCUT2D eigenvalue weighted by molar-refractivity contribution is 0.0952. The summed E-state index contributed by atoms with van der Waals surface area (Å²) in [5.41, 5.74) is 6.76. The van der Waals surface area contributed by atoms with Gasteiger partial charge in [-0.2, -0.15) is 0 Å². The molecule has 0 aliphatic rings. The lowest BCUT2D eigenvalue weighted by Crippen LogP contribution is -2.26. The van der Waals surface area contributed by atoms with Crippen molar-refractivity contribution in [3.63, 3.8) is 0 Å². The van der Waals surface area contributed by atoms with E-state index in [-0.39, 0.29) is 5.91 Å². The fraction of sp³-hybridized carbons (Fsp3) is 0.188. The molecular formula is C16H17BrN2O2. The third-order valence-corrected chi connectivity index (χ3v) is 3.37. The molecule has 2 rings (SSSR count). The van der Waals surface area contributed by atoms with Crippen LogP contribution in [0, 0.1) is 0 Å². The van der Waals surface area contributed by atoms with Crippen LogP contribution in [0.5, 0.6) is 5.75 Å². The van der Waals surface area contributed by atoms with Crippen molar-refractivity contribution in [3.05, 3.63) is 58.6 Å². The predicted octanol–water partition coefficient (Wildman–Crippen LogP) is 3.23. The number of para-hydroxylation sites is 1. The zero-order chi connectivity index (χ0) is 15.1. The van der Waals surface area contributed by atoms with E-state index in [1.807, 2.05) is 30.3 Å². The van der Waals surface area contributed by atoms with Crippen molar-refractivity contribution in [2.45, 2.75) is 6.42 Å². The summed E-state index contributed by atoms with van der Waals surface area (Å²) in [6.07, 6.45) is 0.733. The zero-order valence-electron chi connectivity index (χ0n) is 11.5. The number of rotatable bonds is 6. The van der Waals surface area contributed by atoms with Gasteiger partial charge in [-0.05, 0) is 36.8 Å². The van der Waals surface area contributed by atoms with Crippen molar-refractivity contribution in [3.8, 4) is 5.75 Å². The molecule has 0 spiro atoms. The number of ether oxygens (including phenoxy) is 1. The Morgan fingerprint density at radius 3 is 2.67 bits per heavy atom. The van der Waals surface area contributed by atoms with Gasteiger partial charge in [0.05, 0.1) is 12.2 Å². The molecule has 5 heteroatoms. The molecule has 0 saturated carbocycles. The van der Waals surface area contributed by atoms with Gasteiger partial charge in [0.2, 0.25) is 0 Å². The Balaban J connectivity index is 1.72. The van der Waals surface area contributed by atoms with Gasteiger partial charge < -0.3 is 15.8 Å². The maximum atomic E-state index is 12.0. The Morgan fingerprint density at radius 2 is 1.95 bits per heavy atom. The highest BCUT2D eigenvalue weighted by molar-refractivity contribution is 9.10. The topological polar surface area (TPSA) is 64.4 Å². The van der Waals surface area contributed by atoms with Crippen LogP contribution in [0.2, 0.25) is 0 Å². The number of anilines is 1. The van der Waals surface area contributed by atoms with E-state index in [2.05, 4.69) is 21.2 Å². The van der Waals surface area contributed by atoms with Gasteiger partial charge in [0.25, 0.3) is 5.91 Å². The molecule has 0 atom stereocenters. The Labute approximate surface area is 132 Å². The molecule has 0 aromatic heterocycles. The van der Waals surface area contributed by atoms with Crippen molar-refractivity contribution in [2.75, 3.05) is 18.9 Å². The molecule has 0 aliphatic heterocycles. The molecule has 1 amide bonds. The van der Waals surface area contributed by atoms with Gasteiger partial charge in [0.1, 0.15) is 5.75 Å². The highest BCUT2D eigenvalue weighted by Crippen LogP contribution is 2.18. The molecule has 0 unspecified atom stereocenters. The fourth-order valence-corrected chi connectivity index (χ4v) is 2.20. The monoisotopic (exact) mass is 348 g/mol. The van der Waals surface area contributed by atoms with Crippen LogP contribution in [-0.4, -0.2) is 19.1 Å². The van der Waals surface area contributed by atoms with Crippen molar-refractivity contribution in [1.29, 1.82) is 0 Å². The number of benzene rings is 2. The minimum absolute atomic E-state index is 0.167. The molecule has 2 aromatic carbocycles. The summed E-state index contributed by atoms with van der Waals surface area (Å²) in [5, 5.41) is 2.83. The number of nitrogens with one attached hydrogen (secondary N) is 1. The van der Waals surface area contributed by atoms with Gasteiger partial charge in [-0.15, -0.1) is 0 Å². The zero-order valence-corrected chi connectivity index (χ0v) is 13.1. The number of hydrogen-bond acceptors (Lipinski definition) is 3. The van der Waals surface area contributed by atoms with E-state index in [1.54, 1.807) is 18.2 Å². The van der Waals surface area contributed by atoms with Gasteiger partial charge >= 0.3 is 0 Å². The lowest BCUT2D eigenvalue weighted by atomic mass is 10.1. The molecule has 3 N–H and O–H groups in total. The van der Waals surface area contributed by atoms with Crippen molar-refractivity contribution in [1.82, 2.24) is 5.32 Å². The minimum Gasteiger partial charge on any atom is -0.494 e. The normalized spacial score (nSPS) is 10.1. The molecule has 0 fully saturated rings. The van der Waals surface area contributed by atoms with E-state index >= 15 is 0 Å². The van der Waals surface area contributed by atoms with Gasteiger partial charge in [-0.3, -0.25) is 4.79 Å². The van der Waals surface area contributed by atoms with Gasteiger partial charge in [0, 0.05) is 16.7 Å². The number of amides is 1. The second kappa shape index (κ2) is 7.69. The molecule has 0 saturated heterocycles. The van der Waals surface area contributed by atoms with E-state index in [1.165, 1.54) is 0 Å². The number of carbonyl (C=O) groups excluding carboxylic acids is 1. The summed E-state index contributed by atoms with van der Waals surface area (Å²) in [7, 11) is 0. The Bertz CT molecular complexity index is 602. The third-order valence-electron chi connectivity index (χ3n) is 2.88. The maximum Gasteiger partial charge on any atom is 0.253 e. The van der Waals surface area contributed by atoms with Gasteiger partial charge in [0.15, 0.2) is 0 Å². The van der Waals surface area contributed by atoms with Crippen LogP contribution in [0.15, 0.2) is 53.0 Å². The number of halogens is 1. The summed E-state index contributed by atoms with van der Waals surface area (Å²) >= 11 is 3.31. The first-order valence-corrected chi connectivity index (χ1v) is 7.47. The average Bonchev–Trinajstić information content (AvgIpc) is 2.47. The molecule has 0 heterocycles. The largest absolute Gasteiger partial charge is 0.494 e. The fourth-order valence-electron chi connectivity index (χ4n) is 1.82. The second-order valence-electron chi connectivity index (χ2n) is 4.50. The predicted molar refractivity (Wildman–Crippen MR) is 87.4 cm³/mol. The van der Waals surface area contributed by atoms with Crippen LogP contribution in [0.1, 0.15) is 16.8 Å². The Morgan fingerprint density at radius 1 is 1.19 bits per heavy atom. The van der Waals surface area contributed by atoms with E-state index in [4.69, 9.17) is 10.5 Å². The van der Waals surface area contributed by atoms with Crippen LogP contribution in [-0.2, 0) is 0 Å². The van der Waals surface area contributed by atoms with E-state index < -0.39 is 0 Å². The standard InChI is InChI=1S/C16H17BrN2O2/c17-12-7-8-14(15(18)11-12)16(20)19-9-4-10-21-13-5-2-1-3-6-13/h1-3,5-8,11H,4,9-10,18H2,(H,19,20). The number of nitrogen functional groups attached to an aromatic ring is 1. The highest BCUT2D eigenvalue weighted by Gasteiger charge is 2.08. The molecule has 110 valence electrons. The molecule has 2 aromatic rings. The Kier molecular flexibility index (Phi) is 5.63. The van der Waals surface area contributed by atoms with Crippen molar-refractivity contribution in [2.24, 2.45) is 0 Å². The van der Waals surface area contributed by atoms with Crippen LogP contribution in [0.25, 0.3) is 0 Å². The van der Waals surface area contributed by atoms with Crippen molar-refractivity contribution >= 4 is 27.5 Å². The van der Waals surface area contributed by atoms with Crippen LogP contribution < -0.4 is 15.8 Å². The average molecular weight is 349 g/mol. The van der Waals surface area contributed by atoms with Crippen molar-refractivity contribution < 1.29 is 9.53 Å². The summed E-state index contributed by atoms with van der Waals surface area (Å²) in [5.74, 6) is 0.667. The minimum atomic E-state index is -0.167. The maximum absolute atomic E-state index is 12.0. The van der Waals surface area contributed by atoms with E-state index in [0.717, 1.165) is 16.6 Å². The molecule has 0 bridgehead atoms. The van der Waals surface area contributed by atoms with Gasteiger partial charge in [-0.1, -0.05) is 34.1 Å². The SMILES string of the molecule is Nc1cc(Br)ccc1C(=O)NCCCOc1ccccc1. The quantitative estimate of drug-likeness (QED) is 0.622. The number of carbonyl (C=O) groups is 1. The number of hydrogen-bond donors (Lipinski definition) is 2. The summed E-state index contributed by atoms with van der Waals surface area (Å²) in [6.45, 7) is 1.10. The van der Waals surface area contributed by atoms with Crippen LogP contribution >= 0.6 is 15.9 Å². The first-order chi connectivity index (χ1) is 10.2. The third kappa shape index (κ3) is 4.79. The highest BCUT2D eigenvalue weighted by atomic mass is 79.9. The Hall–Kier alpha value is -2.01. The first-order valence-electron chi connectivity index (χ1n) is 6.68. The summed E-state index contributed by atoms with van der Waals surface area (Å²) in [4.78, 5) is 12.0. The van der Waals surface area contributed by atoms with Crippen LogP contribution in [0.4, 0.5) is 5.69 Å². The molecule has 4 nitrogen and oxygen atoms in total. The second-order valence-corrected chi connectivity index (χ2v) is 5.42. The van der Waals surface area contributed by atoms with Gasteiger partial charge in [-0.25, -0.2) is 0 Å². The summed E-state index contributed by atoms with van der Waals surface area (Å²) < 4.78 is 6.41. The smallest absolute Gasteiger partial charge is 0.253 e. The van der Waals surface area contributed by atoms with Crippen LogP contribution in [0.3, 0.4) is 0 Å². The lowest BCUT2D eigenvalue weighted by Gasteiger charge is -2.09. The number of nitrogens with two attached hydrogens (primary N) is 1.